The minimum absolute atomic E-state index is 0.790. The second kappa shape index (κ2) is 5.91. The molecule has 3 heterocycles. The fraction of sp³-hybridized carbons (Fsp3) is 0.312. The lowest BCUT2D eigenvalue weighted by atomic mass is 10.2. The van der Waals surface area contributed by atoms with Crippen LogP contribution in [0.4, 0.5) is 17.3 Å². The van der Waals surface area contributed by atoms with E-state index in [0.29, 0.717) is 0 Å². The van der Waals surface area contributed by atoms with Crippen LogP contribution in [0.1, 0.15) is 25.8 Å². The highest BCUT2D eigenvalue weighted by Crippen LogP contribution is 2.34. The van der Waals surface area contributed by atoms with Crippen molar-refractivity contribution in [2.75, 3.05) is 23.3 Å². The topological polar surface area (TPSA) is 53.4 Å². The average Bonchev–Trinajstić information content (AvgIpc) is 2.67. The Balaban J connectivity index is 2.20. The standard InChI is InChI=1S/C16H19N5/c1-3-9-17-14-12-7-5-10-18-15(12)21(4-2)16-13(20-14)8-6-11-19-16/h5-8,10-11H,3-4,9H2,1-2H3,(H,17,20). The third kappa shape index (κ3) is 2.46. The summed E-state index contributed by atoms with van der Waals surface area (Å²) in [6, 6.07) is 7.95. The maximum absolute atomic E-state index is 4.68. The fourth-order valence-electron chi connectivity index (χ4n) is 2.45. The molecule has 0 saturated heterocycles. The number of nitrogens with one attached hydrogen (secondary N) is 1. The lowest BCUT2D eigenvalue weighted by Gasteiger charge is -2.21. The first-order chi connectivity index (χ1) is 10.3. The van der Waals surface area contributed by atoms with Crippen LogP contribution in [0.25, 0.3) is 0 Å². The van der Waals surface area contributed by atoms with E-state index in [1.165, 1.54) is 0 Å². The van der Waals surface area contributed by atoms with Gasteiger partial charge in [0.15, 0.2) is 5.82 Å². The fourth-order valence-corrected chi connectivity index (χ4v) is 2.45. The van der Waals surface area contributed by atoms with Gasteiger partial charge in [-0.25, -0.2) is 9.97 Å². The largest absolute Gasteiger partial charge is 0.337 e. The van der Waals surface area contributed by atoms with Gasteiger partial charge in [0.2, 0.25) is 0 Å². The van der Waals surface area contributed by atoms with Crippen molar-refractivity contribution in [2.45, 2.75) is 20.3 Å². The van der Waals surface area contributed by atoms with Crippen LogP contribution in [0.2, 0.25) is 0 Å². The van der Waals surface area contributed by atoms with Gasteiger partial charge in [-0.3, -0.25) is 4.99 Å². The van der Waals surface area contributed by atoms with E-state index in [1.54, 1.807) is 6.20 Å². The minimum atomic E-state index is 0.790. The summed E-state index contributed by atoms with van der Waals surface area (Å²) in [5.74, 6) is 2.66. The Morgan fingerprint density at radius 1 is 1.10 bits per heavy atom. The minimum Gasteiger partial charge on any atom is -0.337 e. The van der Waals surface area contributed by atoms with E-state index < -0.39 is 0 Å². The molecule has 108 valence electrons. The van der Waals surface area contributed by atoms with Gasteiger partial charge in [-0.2, -0.15) is 0 Å². The molecule has 1 aliphatic rings. The highest BCUT2D eigenvalue weighted by molar-refractivity contribution is 6.14. The summed E-state index contributed by atoms with van der Waals surface area (Å²) in [7, 11) is 0. The molecule has 0 aliphatic carbocycles. The maximum atomic E-state index is 4.68. The van der Waals surface area contributed by atoms with Gasteiger partial charge in [-0.1, -0.05) is 6.92 Å². The van der Waals surface area contributed by atoms with E-state index in [9.17, 15) is 0 Å². The number of hydrogen-bond acceptors (Lipinski definition) is 4. The van der Waals surface area contributed by atoms with E-state index >= 15 is 0 Å². The molecule has 0 aromatic carbocycles. The van der Waals surface area contributed by atoms with Crippen LogP contribution in [-0.2, 0) is 0 Å². The quantitative estimate of drug-likeness (QED) is 0.938. The van der Waals surface area contributed by atoms with Crippen LogP contribution in [0.15, 0.2) is 41.7 Å². The Labute approximate surface area is 124 Å². The van der Waals surface area contributed by atoms with Crippen molar-refractivity contribution >= 4 is 23.2 Å². The molecule has 2 aromatic rings. The normalized spacial score (nSPS) is 15.1. The Hall–Kier alpha value is -2.43. The Bertz CT molecular complexity index is 665. The molecule has 2 aromatic heterocycles. The lowest BCUT2D eigenvalue weighted by molar-refractivity contribution is 0.931. The number of amidine groups is 1. The van der Waals surface area contributed by atoms with Gasteiger partial charge < -0.3 is 10.2 Å². The third-order valence-corrected chi connectivity index (χ3v) is 3.40. The van der Waals surface area contributed by atoms with Crippen molar-refractivity contribution < 1.29 is 0 Å². The average molecular weight is 281 g/mol. The van der Waals surface area contributed by atoms with Crippen LogP contribution >= 0.6 is 0 Å². The van der Waals surface area contributed by atoms with Gasteiger partial charge in [0.1, 0.15) is 11.7 Å². The molecule has 0 saturated carbocycles. The summed E-state index contributed by atoms with van der Waals surface area (Å²) in [6.07, 6.45) is 4.63. The zero-order chi connectivity index (χ0) is 14.7. The molecule has 0 amide bonds. The van der Waals surface area contributed by atoms with Gasteiger partial charge in [-0.15, -0.1) is 0 Å². The van der Waals surface area contributed by atoms with Gasteiger partial charge in [0, 0.05) is 25.5 Å². The summed E-state index contributed by atoms with van der Waals surface area (Å²) in [5.41, 5.74) is 1.98. The molecule has 0 spiro atoms. The van der Waals surface area contributed by atoms with Crippen molar-refractivity contribution in [1.82, 2.24) is 9.97 Å². The SMILES string of the molecule is CCCN=C1Nc2cccnc2N(CC)c2ncccc21. The predicted molar refractivity (Wildman–Crippen MR) is 86.5 cm³/mol. The van der Waals surface area contributed by atoms with Crippen LogP contribution in [0.5, 0.6) is 0 Å². The monoisotopic (exact) mass is 281 g/mol. The summed E-state index contributed by atoms with van der Waals surface area (Å²) < 4.78 is 0. The number of fused-ring (bicyclic) bond motifs is 2. The molecule has 0 unspecified atom stereocenters. The van der Waals surface area contributed by atoms with Gasteiger partial charge >= 0.3 is 0 Å². The first kappa shape index (κ1) is 13.5. The van der Waals surface area contributed by atoms with E-state index in [-0.39, 0.29) is 0 Å². The number of pyridine rings is 2. The van der Waals surface area contributed by atoms with E-state index in [4.69, 9.17) is 0 Å². The second-order valence-corrected chi connectivity index (χ2v) is 4.85. The molecule has 0 fully saturated rings. The summed E-state index contributed by atoms with van der Waals surface area (Å²) in [5, 5.41) is 3.42. The van der Waals surface area contributed by atoms with Crippen molar-refractivity contribution in [1.29, 1.82) is 0 Å². The molecule has 0 bridgehead atoms. The smallest absolute Gasteiger partial charge is 0.158 e. The molecule has 5 heteroatoms. The molecule has 1 N–H and O–H groups in total. The van der Waals surface area contributed by atoms with Crippen LogP contribution in [0, 0.1) is 0 Å². The zero-order valence-corrected chi connectivity index (χ0v) is 12.4. The van der Waals surface area contributed by atoms with Crippen molar-refractivity contribution in [3.05, 3.63) is 42.2 Å². The van der Waals surface area contributed by atoms with Gasteiger partial charge in [0.05, 0.1) is 11.3 Å². The van der Waals surface area contributed by atoms with Crippen molar-refractivity contribution in [3.8, 4) is 0 Å². The Morgan fingerprint density at radius 3 is 2.62 bits per heavy atom. The molecule has 5 nitrogen and oxygen atoms in total. The molecular formula is C16H19N5. The van der Waals surface area contributed by atoms with Crippen molar-refractivity contribution in [3.63, 3.8) is 0 Å². The molecule has 0 atom stereocenters. The Kier molecular flexibility index (Phi) is 3.81. The number of nitrogens with zero attached hydrogens (tertiary/aromatic N) is 4. The first-order valence-electron chi connectivity index (χ1n) is 7.34. The van der Waals surface area contributed by atoms with Crippen LogP contribution in [-0.4, -0.2) is 28.9 Å². The second-order valence-electron chi connectivity index (χ2n) is 4.85. The van der Waals surface area contributed by atoms with Gasteiger partial charge in [0.25, 0.3) is 0 Å². The highest BCUT2D eigenvalue weighted by atomic mass is 15.3. The third-order valence-electron chi connectivity index (χ3n) is 3.40. The number of anilines is 3. The summed E-state index contributed by atoms with van der Waals surface area (Å²) >= 11 is 0. The molecule has 0 radical (unpaired) electrons. The summed E-state index contributed by atoms with van der Waals surface area (Å²) in [6.45, 7) is 5.82. The number of rotatable bonds is 3. The number of hydrogen-bond donors (Lipinski definition) is 1. The lowest BCUT2D eigenvalue weighted by Crippen LogP contribution is -2.19. The van der Waals surface area contributed by atoms with Gasteiger partial charge in [-0.05, 0) is 37.6 Å². The number of aromatic nitrogens is 2. The van der Waals surface area contributed by atoms with Crippen LogP contribution in [0.3, 0.4) is 0 Å². The molecule has 21 heavy (non-hydrogen) atoms. The maximum Gasteiger partial charge on any atom is 0.158 e. The number of aliphatic imine (C=N–C) groups is 1. The van der Waals surface area contributed by atoms with E-state index in [0.717, 1.165) is 48.2 Å². The van der Waals surface area contributed by atoms with E-state index in [1.807, 2.05) is 24.4 Å². The highest BCUT2D eigenvalue weighted by Gasteiger charge is 2.24. The predicted octanol–water partition coefficient (Wildman–Crippen LogP) is 3.22. The Morgan fingerprint density at radius 2 is 1.86 bits per heavy atom. The molecule has 3 rings (SSSR count). The van der Waals surface area contributed by atoms with Crippen molar-refractivity contribution in [2.24, 2.45) is 4.99 Å². The molecule has 1 aliphatic heterocycles. The first-order valence-corrected chi connectivity index (χ1v) is 7.34. The zero-order valence-electron chi connectivity index (χ0n) is 12.4. The summed E-state index contributed by atoms with van der Waals surface area (Å²) in [4.78, 5) is 15.9. The molecular weight excluding hydrogens is 262 g/mol. The van der Waals surface area contributed by atoms with Crippen LogP contribution < -0.4 is 10.2 Å². The van der Waals surface area contributed by atoms with E-state index in [2.05, 4.69) is 45.1 Å².